The highest BCUT2D eigenvalue weighted by atomic mass is 14.2. The minimum atomic E-state index is 0.0722. The van der Waals surface area contributed by atoms with Gasteiger partial charge in [0.05, 0.1) is 0 Å². The van der Waals surface area contributed by atoms with Crippen molar-refractivity contribution in [3.8, 4) is 11.1 Å². The van der Waals surface area contributed by atoms with Gasteiger partial charge in [0, 0.05) is 0 Å². The zero-order valence-corrected chi connectivity index (χ0v) is 26.3. The SMILES string of the molecule is CC(C)(C)c1ccc2ccc3c(-c4ccc5c(c4)c4ccccc4c4c6ccccc6c6ccccc6c54)ccc4ccc1c2c43. The van der Waals surface area contributed by atoms with E-state index >= 15 is 0 Å². The van der Waals surface area contributed by atoms with Crippen LogP contribution in [0.5, 0.6) is 0 Å². The molecule has 10 rings (SSSR count). The predicted molar refractivity (Wildman–Crippen MR) is 202 cm³/mol. The fraction of sp³-hybridized carbons (Fsp3) is 0.0870. The average molecular weight is 585 g/mol. The molecular weight excluding hydrogens is 553 g/mol. The first-order chi connectivity index (χ1) is 22.5. The van der Waals surface area contributed by atoms with Crippen LogP contribution in [-0.2, 0) is 5.41 Å². The summed E-state index contributed by atoms with van der Waals surface area (Å²) in [6.07, 6.45) is 0. The molecule has 0 amide bonds. The maximum atomic E-state index is 2.45. The van der Waals surface area contributed by atoms with Crippen LogP contribution in [0.15, 0.2) is 140 Å². The third-order valence-corrected chi connectivity index (χ3v) is 10.5. The minimum Gasteiger partial charge on any atom is -0.0616 e. The number of benzene rings is 10. The van der Waals surface area contributed by atoms with Gasteiger partial charge in [-0.15, -0.1) is 0 Å². The highest BCUT2D eigenvalue weighted by molar-refractivity contribution is 6.39. The Hall–Kier alpha value is -5.46. The van der Waals surface area contributed by atoms with E-state index in [-0.39, 0.29) is 5.41 Å². The van der Waals surface area contributed by atoms with Crippen LogP contribution in [0, 0.1) is 0 Å². The van der Waals surface area contributed by atoms with Gasteiger partial charge in [-0.05, 0) is 114 Å². The Labute approximate surface area is 267 Å². The topological polar surface area (TPSA) is 0 Å². The molecule has 0 N–H and O–H groups in total. The third-order valence-electron chi connectivity index (χ3n) is 10.5. The van der Waals surface area contributed by atoms with E-state index < -0.39 is 0 Å². The van der Waals surface area contributed by atoms with Crippen molar-refractivity contribution < 1.29 is 0 Å². The average Bonchev–Trinajstić information content (AvgIpc) is 3.09. The fourth-order valence-electron chi connectivity index (χ4n) is 8.50. The zero-order chi connectivity index (χ0) is 30.7. The fourth-order valence-corrected chi connectivity index (χ4v) is 8.50. The Kier molecular flexibility index (Phi) is 5.08. The highest BCUT2D eigenvalue weighted by Gasteiger charge is 2.21. The van der Waals surface area contributed by atoms with Crippen LogP contribution >= 0.6 is 0 Å². The standard InChI is InChI=1S/C46H32/c1-46(2,3)41-25-20-28-17-22-37-30(21-16-27-18-24-39(41)43(28)42(27)37)29-19-23-38-40(26-29)33-12-6-9-15-36(33)44-34-13-7-4-10-31(34)32-11-5-8-14-35(32)45(38)44/h4-26H,1-3H3. The van der Waals surface area contributed by atoms with E-state index in [2.05, 4.69) is 160 Å². The molecule has 0 heterocycles. The monoisotopic (exact) mass is 584 g/mol. The molecule has 46 heavy (non-hydrogen) atoms. The van der Waals surface area contributed by atoms with Crippen LogP contribution in [0.25, 0.3) is 97.3 Å². The first kappa shape index (κ1) is 25.8. The van der Waals surface area contributed by atoms with Crippen LogP contribution in [0.2, 0.25) is 0 Å². The van der Waals surface area contributed by atoms with Crippen molar-refractivity contribution in [2.24, 2.45) is 0 Å². The predicted octanol–water partition coefficient (Wildman–Crippen LogP) is 13.3. The lowest BCUT2D eigenvalue weighted by Gasteiger charge is -2.23. The van der Waals surface area contributed by atoms with Crippen molar-refractivity contribution in [1.29, 1.82) is 0 Å². The maximum Gasteiger partial charge on any atom is -0.00139 e. The molecule has 0 bridgehead atoms. The summed E-state index contributed by atoms with van der Waals surface area (Å²) in [5, 5.41) is 21.3. The van der Waals surface area contributed by atoms with Crippen molar-refractivity contribution in [2.75, 3.05) is 0 Å². The van der Waals surface area contributed by atoms with E-state index in [1.54, 1.807) is 0 Å². The van der Waals surface area contributed by atoms with Gasteiger partial charge in [0.15, 0.2) is 0 Å². The Morgan fingerprint density at radius 1 is 0.326 bits per heavy atom. The van der Waals surface area contributed by atoms with Gasteiger partial charge in [-0.3, -0.25) is 0 Å². The van der Waals surface area contributed by atoms with Gasteiger partial charge in [0.2, 0.25) is 0 Å². The van der Waals surface area contributed by atoms with Gasteiger partial charge >= 0.3 is 0 Å². The lowest BCUT2D eigenvalue weighted by molar-refractivity contribution is 0.596. The number of hydrogen-bond donors (Lipinski definition) is 0. The molecule has 0 saturated carbocycles. The Bertz CT molecular complexity index is 2880. The Morgan fingerprint density at radius 3 is 1.35 bits per heavy atom. The molecule has 0 aliphatic rings. The molecule has 0 fully saturated rings. The van der Waals surface area contributed by atoms with E-state index in [9.17, 15) is 0 Å². The van der Waals surface area contributed by atoms with E-state index in [0.717, 1.165) is 0 Å². The normalized spacial score (nSPS) is 12.7. The van der Waals surface area contributed by atoms with Crippen molar-refractivity contribution >= 4 is 86.2 Å². The number of hydrogen-bond acceptors (Lipinski definition) is 0. The molecule has 0 nitrogen and oxygen atoms in total. The second-order valence-electron chi connectivity index (χ2n) is 14.0. The lowest BCUT2D eigenvalue weighted by atomic mass is 9.80. The lowest BCUT2D eigenvalue weighted by Crippen LogP contribution is -2.11. The van der Waals surface area contributed by atoms with Crippen LogP contribution in [0.3, 0.4) is 0 Å². The molecule has 0 spiro atoms. The van der Waals surface area contributed by atoms with Gasteiger partial charge < -0.3 is 0 Å². The van der Waals surface area contributed by atoms with Gasteiger partial charge in [-0.1, -0.05) is 154 Å². The first-order valence-corrected chi connectivity index (χ1v) is 16.4. The van der Waals surface area contributed by atoms with Crippen molar-refractivity contribution in [3.63, 3.8) is 0 Å². The molecule has 0 radical (unpaired) electrons. The summed E-state index contributed by atoms with van der Waals surface area (Å²) in [6, 6.07) is 52.7. The summed E-state index contributed by atoms with van der Waals surface area (Å²) in [5.74, 6) is 0. The van der Waals surface area contributed by atoms with E-state index in [1.807, 2.05) is 0 Å². The summed E-state index contributed by atoms with van der Waals surface area (Å²) in [6.45, 7) is 6.96. The van der Waals surface area contributed by atoms with Crippen LogP contribution in [0.4, 0.5) is 0 Å². The van der Waals surface area contributed by atoms with Crippen molar-refractivity contribution in [3.05, 3.63) is 145 Å². The van der Waals surface area contributed by atoms with Gasteiger partial charge in [-0.2, -0.15) is 0 Å². The Morgan fingerprint density at radius 2 is 0.761 bits per heavy atom. The molecule has 0 unspecified atom stereocenters. The van der Waals surface area contributed by atoms with E-state index in [1.165, 1.54) is 103 Å². The molecule has 0 heteroatoms. The van der Waals surface area contributed by atoms with Crippen molar-refractivity contribution in [2.45, 2.75) is 26.2 Å². The molecule has 0 aromatic heterocycles. The summed E-state index contributed by atoms with van der Waals surface area (Å²) < 4.78 is 0. The smallest absolute Gasteiger partial charge is 0.00139 e. The quantitative estimate of drug-likeness (QED) is 0.168. The van der Waals surface area contributed by atoms with Crippen LogP contribution < -0.4 is 0 Å². The second-order valence-corrected chi connectivity index (χ2v) is 14.0. The minimum absolute atomic E-state index is 0.0722. The Balaban J connectivity index is 1.34. The van der Waals surface area contributed by atoms with Crippen LogP contribution in [0.1, 0.15) is 26.3 Å². The number of rotatable bonds is 1. The first-order valence-electron chi connectivity index (χ1n) is 16.4. The maximum absolute atomic E-state index is 2.45. The largest absolute Gasteiger partial charge is 0.0616 e. The zero-order valence-electron chi connectivity index (χ0n) is 26.3. The summed E-state index contributed by atoms with van der Waals surface area (Å²) in [4.78, 5) is 0. The molecular formula is C46H32. The van der Waals surface area contributed by atoms with Gasteiger partial charge in [0.1, 0.15) is 0 Å². The highest BCUT2D eigenvalue weighted by Crippen LogP contribution is 2.46. The van der Waals surface area contributed by atoms with E-state index in [0.29, 0.717) is 0 Å². The van der Waals surface area contributed by atoms with E-state index in [4.69, 9.17) is 0 Å². The molecule has 10 aromatic carbocycles. The molecule has 0 aliphatic heterocycles. The third kappa shape index (κ3) is 3.39. The molecule has 10 aromatic rings. The summed E-state index contributed by atoms with van der Waals surface area (Å²) in [5.41, 5.74) is 4.03. The van der Waals surface area contributed by atoms with Crippen LogP contribution in [-0.4, -0.2) is 0 Å². The molecule has 216 valence electrons. The van der Waals surface area contributed by atoms with Gasteiger partial charge in [-0.25, -0.2) is 0 Å². The summed E-state index contributed by atoms with van der Waals surface area (Å²) in [7, 11) is 0. The summed E-state index contributed by atoms with van der Waals surface area (Å²) >= 11 is 0. The molecule has 0 aliphatic carbocycles. The second kappa shape index (κ2) is 9.05. The number of fused-ring (bicyclic) bond motifs is 11. The molecule has 0 atom stereocenters. The van der Waals surface area contributed by atoms with Crippen molar-refractivity contribution in [1.82, 2.24) is 0 Å². The van der Waals surface area contributed by atoms with Gasteiger partial charge in [0.25, 0.3) is 0 Å². The molecule has 0 saturated heterocycles.